The second-order valence-electron chi connectivity index (χ2n) is 7.24. The lowest BCUT2D eigenvalue weighted by Gasteiger charge is -2.45. The number of benzene rings is 1. The van der Waals surface area contributed by atoms with Crippen molar-refractivity contribution in [2.75, 3.05) is 17.3 Å². The van der Waals surface area contributed by atoms with Crippen LogP contribution in [0.3, 0.4) is 0 Å². The van der Waals surface area contributed by atoms with Crippen molar-refractivity contribution in [2.45, 2.75) is 46.2 Å². The highest BCUT2D eigenvalue weighted by Gasteiger charge is 2.40. The van der Waals surface area contributed by atoms with Gasteiger partial charge in [0.1, 0.15) is 5.82 Å². The van der Waals surface area contributed by atoms with Crippen LogP contribution in [-0.2, 0) is 4.79 Å². The SMILES string of the molecule is CC[C@H]1[C@H](C)[C@@H](Nc2cnc(C)cn2)c2cc(C(=O)NC)ccc2N1C(C)=O. The molecule has 7 heteroatoms. The van der Waals surface area contributed by atoms with Gasteiger partial charge in [-0.1, -0.05) is 13.8 Å². The molecule has 1 aromatic heterocycles. The molecule has 7 nitrogen and oxygen atoms in total. The van der Waals surface area contributed by atoms with Crippen molar-refractivity contribution in [1.82, 2.24) is 15.3 Å². The molecule has 28 heavy (non-hydrogen) atoms. The van der Waals surface area contributed by atoms with Crippen molar-refractivity contribution in [3.63, 3.8) is 0 Å². The Hall–Kier alpha value is -2.96. The molecule has 0 aliphatic carbocycles. The molecule has 2 heterocycles. The van der Waals surface area contributed by atoms with Crippen LogP contribution in [0.1, 0.15) is 54.8 Å². The maximum atomic E-state index is 12.5. The zero-order chi connectivity index (χ0) is 20.4. The number of hydrogen-bond donors (Lipinski definition) is 2. The number of aromatic nitrogens is 2. The van der Waals surface area contributed by atoms with E-state index in [1.165, 1.54) is 0 Å². The average Bonchev–Trinajstić information content (AvgIpc) is 2.69. The van der Waals surface area contributed by atoms with Gasteiger partial charge in [-0.15, -0.1) is 0 Å². The largest absolute Gasteiger partial charge is 0.362 e. The number of amides is 2. The molecule has 2 amide bonds. The van der Waals surface area contributed by atoms with Crippen LogP contribution in [0, 0.1) is 12.8 Å². The van der Waals surface area contributed by atoms with Crippen LogP contribution in [0.2, 0.25) is 0 Å². The molecule has 2 aromatic rings. The molecule has 1 aliphatic heterocycles. The van der Waals surface area contributed by atoms with Gasteiger partial charge in [0.2, 0.25) is 5.91 Å². The molecule has 2 N–H and O–H groups in total. The summed E-state index contributed by atoms with van der Waals surface area (Å²) in [4.78, 5) is 35.2. The van der Waals surface area contributed by atoms with Crippen LogP contribution in [0.4, 0.5) is 11.5 Å². The first-order valence-electron chi connectivity index (χ1n) is 9.58. The van der Waals surface area contributed by atoms with Gasteiger partial charge in [0.05, 0.1) is 24.1 Å². The molecule has 0 radical (unpaired) electrons. The fourth-order valence-electron chi connectivity index (χ4n) is 4.02. The fraction of sp³-hybridized carbons (Fsp3) is 0.429. The third-order valence-electron chi connectivity index (χ3n) is 5.42. The number of nitrogens with one attached hydrogen (secondary N) is 2. The smallest absolute Gasteiger partial charge is 0.251 e. The van der Waals surface area contributed by atoms with Gasteiger partial charge in [0, 0.05) is 37.2 Å². The molecule has 0 fully saturated rings. The van der Waals surface area contributed by atoms with Crippen molar-refractivity contribution >= 4 is 23.3 Å². The molecule has 0 unspecified atom stereocenters. The number of carbonyl (C=O) groups is 2. The van der Waals surface area contributed by atoms with Crippen molar-refractivity contribution < 1.29 is 9.59 Å². The third-order valence-corrected chi connectivity index (χ3v) is 5.42. The predicted octanol–water partition coefficient (Wildman–Crippen LogP) is 3.08. The highest BCUT2D eigenvalue weighted by atomic mass is 16.2. The lowest BCUT2D eigenvalue weighted by Crippen LogP contribution is -2.49. The molecule has 0 saturated heterocycles. The maximum absolute atomic E-state index is 12.5. The topological polar surface area (TPSA) is 87.2 Å². The Balaban J connectivity index is 2.12. The molecule has 3 atom stereocenters. The number of hydrogen-bond acceptors (Lipinski definition) is 5. The second-order valence-corrected chi connectivity index (χ2v) is 7.24. The Labute approximate surface area is 165 Å². The van der Waals surface area contributed by atoms with E-state index in [2.05, 4.69) is 34.4 Å². The molecular weight excluding hydrogens is 354 g/mol. The zero-order valence-electron chi connectivity index (χ0n) is 17.0. The van der Waals surface area contributed by atoms with E-state index in [9.17, 15) is 9.59 Å². The zero-order valence-corrected chi connectivity index (χ0v) is 17.0. The molecule has 0 bridgehead atoms. The monoisotopic (exact) mass is 381 g/mol. The standard InChI is InChI=1S/C21H27N5O2/c1-6-17-13(3)20(25-19-11-23-12(2)10-24-19)16-9-15(21(28)22-5)7-8-18(16)26(17)14(4)27/h7-11,13,17,20H,6H2,1-5H3,(H,22,28)(H,24,25)/t13-,17-,20+/m0/s1. The summed E-state index contributed by atoms with van der Waals surface area (Å²) in [7, 11) is 1.61. The number of fused-ring (bicyclic) bond motifs is 1. The van der Waals surface area contributed by atoms with E-state index >= 15 is 0 Å². The fourth-order valence-corrected chi connectivity index (χ4v) is 4.02. The summed E-state index contributed by atoms with van der Waals surface area (Å²) in [5.74, 6) is 0.631. The van der Waals surface area contributed by atoms with Gasteiger partial charge in [0.25, 0.3) is 5.91 Å². The normalized spacial score (nSPS) is 21.0. The van der Waals surface area contributed by atoms with Gasteiger partial charge >= 0.3 is 0 Å². The van der Waals surface area contributed by atoms with E-state index in [1.54, 1.807) is 32.4 Å². The van der Waals surface area contributed by atoms with E-state index in [1.807, 2.05) is 24.0 Å². The lowest BCUT2D eigenvalue weighted by atomic mass is 9.80. The average molecular weight is 381 g/mol. The molecule has 148 valence electrons. The van der Waals surface area contributed by atoms with Crippen LogP contribution < -0.4 is 15.5 Å². The molecule has 1 aromatic carbocycles. The van der Waals surface area contributed by atoms with Crippen LogP contribution in [-0.4, -0.2) is 34.9 Å². The summed E-state index contributed by atoms with van der Waals surface area (Å²) in [6.45, 7) is 7.69. The Kier molecular flexibility index (Phi) is 5.63. The Morgan fingerprint density at radius 2 is 1.96 bits per heavy atom. The van der Waals surface area contributed by atoms with Crippen LogP contribution in [0.15, 0.2) is 30.6 Å². The number of aryl methyl sites for hydroxylation is 1. The molecule has 3 rings (SSSR count). The second kappa shape index (κ2) is 7.96. The number of carbonyl (C=O) groups excluding carboxylic acids is 2. The van der Waals surface area contributed by atoms with E-state index in [-0.39, 0.29) is 29.8 Å². The van der Waals surface area contributed by atoms with Gasteiger partial charge in [-0.25, -0.2) is 4.98 Å². The van der Waals surface area contributed by atoms with Crippen molar-refractivity contribution in [3.8, 4) is 0 Å². The van der Waals surface area contributed by atoms with Gasteiger partial charge < -0.3 is 15.5 Å². The van der Waals surface area contributed by atoms with Gasteiger partial charge in [-0.3, -0.25) is 14.6 Å². The number of anilines is 2. The van der Waals surface area contributed by atoms with E-state index < -0.39 is 0 Å². The predicted molar refractivity (Wildman–Crippen MR) is 109 cm³/mol. The summed E-state index contributed by atoms with van der Waals surface area (Å²) in [6, 6.07) is 5.44. The summed E-state index contributed by atoms with van der Waals surface area (Å²) < 4.78 is 0. The highest BCUT2D eigenvalue weighted by molar-refractivity contribution is 5.97. The lowest BCUT2D eigenvalue weighted by molar-refractivity contribution is -0.117. The Bertz CT molecular complexity index is 881. The minimum Gasteiger partial charge on any atom is -0.362 e. The van der Waals surface area contributed by atoms with E-state index in [0.29, 0.717) is 11.4 Å². The number of rotatable bonds is 4. The Morgan fingerprint density at radius 1 is 1.21 bits per heavy atom. The molecule has 1 aliphatic rings. The number of nitrogens with zero attached hydrogens (tertiary/aromatic N) is 3. The first-order chi connectivity index (χ1) is 13.4. The highest BCUT2D eigenvalue weighted by Crippen LogP contribution is 2.43. The van der Waals surface area contributed by atoms with Crippen molar-refractivity contribution in [1.29, 1.82) is 0 Å². The van der Waals surface area contributed by atoms with Crippen LogP contribution in [0.5, 0.6) is 0 Å². The minimum atomic E-state index is -0.156. The van der Waals surface area contributed by atoms with Crippen LogP contribution in [0.25, 0.3) is 0 Å². The van der Waals surface area contributed by atoms with E-state index in [4.69, 9.17) is 0 Å². The Morgan fingerprint density at radius 3 is 2.54 bits per heavy atom. The molecule has 0 saturated carbocycles. The summed E-state index contributed by atoms with van der Waals surface area (Å²) >= 11 is 0. The summed E-state index contributed by atoms with van der Waals surface area (Å²) in [5, 5.41) is 6.14. The van der Waals surface area contributed by atoms with Gasteiger partial charge in [-0.05, 0) is 37.1 Å². The molecule has 0 spiro atoms. The first-order valence-corrected chi connectivity index (χ1v) is 9.58. The summed E-state index contributed by atoms with van der Waals surface area (Å²) in [5.41, 5.74) is 3.16. The van der Waals surface area contributed by atoms with Crippen molar-refractivity contribution in [3.05, 3.63) is 47.4 Å². The van der Waals surface area contributed by atoms with Crippen LogP contribution >= 0.6 is 0 Å². The minimum absolute atomic E-state index is 0.00113. The first kappa shape index (κ1) is 19.8. The third kappa shape index (κ3) is 3.56. The quantitative estimate of drug-likeness (QED) is 0.850. The summed E-state index contributed by atoms with van der Waals surface area (Å²) in [6.07, 6.45) is 4.26. The van der Waals surface area contributed by atoms with E-state index in [0.717, 1.165) is 23.4 Å². The molecular formula is C21H27N5O2. The van der Waals surface area contributed by atoms with Crippen molar-refractivity contribution in [2.24, 2.45) is 5.92 Å². The van der Waals surface area contributed by atoms with Gasteiger partial charge in [0.15, 0.2) is 0 Å². The maximum Gasteiger partial charge on any atom is 0.251 e. The van der Waals surface area contributed by atoms with Gasteiger partial charge in [-0.2, -0.15) is 0 Å².